The highest BCUT2D eigenvalue weighted by Crippen LogP contribution is 2.31. The van der Waals surface area contributed by atoms with Crippen LogP contribution in [0.15, 0.2) is 48.5 Å². The molecule has 5 nitrogen and oxygen atoms in total. The molecule has 1 atom stereocenters. The van der Waals surface area contributed by atoms with Crippen molar-refractivity contribution in [1.29, 1.82) is 0 Å². The Labute approximate surface area is 152 Å². The highest BCUT2D eigenvalue weighted by atomic mass is 19.1. The van der Waals surface area contributed by atoms with Crippen molar-refractivity contribution in [3.8, 4) is 0 Å². The molecule has 0 fully saturated rings. The van der Waals surface area contributed by atoms with Gasteiger partial charge < -0.3 is 10.2 Å². The van der Waals surface area contributed by atoms with Crippen molar-refractivity contribution in [2.45, 2.75) is 19.4 Å². The summed E-state index contributed by atoms with van der Waals surface area (Å²) < 4.78 is 13.2. The topological polar surface area (TPSA) is 52.7 Å². The van der Waals surface area contributed by atoms with Crippen LogP contribution < -0.4 is 10.2 Å². The molecule has 0 saturated heterocycles. The number of hydrogen-bond acceptors (Lipinski definition) is 3. The van der Waals surface area contributed by atoms with E-state index in [0.29, 0.717) is 5.69 Å². The van der Waals surface area contributed by atoms with Crippen LogP contribution in [-0.2, 0) is 16.0 Å². The summed E-state index contributed by atoms with van der Waals surface area (Å²) >= 11 is 0. The molecular weight excluding hydrogens is 333 g/mol. The van der Waals surface area contributed by atoms with Gasteiger partial charge in [0.15, 0.2) is 0 Å². The second-order valence-electron chi connectivity index (χ2n) is 6.68. The molecule has 2 aromatic carbocycles. The highest BCUT2D eigenvalue weighted by Gasteiger charge is 2.30. The highest BCUT2D eigenvalue weighted by molar-refractivity contribution is 5.98. The number of nitrogens with one attached hydrogen (secondary N) is 1. The Hall–Kier alpha value is -2.73. The van der Waals surface area contributed by atoms with Gasteiger partial charge in [0, 0.05) is 17.4 Å². The van der Waals surface area contributed by atoms with Crippen LogP contribution in [0.3, 0.4) is 0 Å². The van der Waals surface area contributed by atoms with E-state index in [4.69, 9.17) is 0 Å². The predicted molar refractivity (Wildman–Crippen MR) is 99.6 cm³/mol. The summed E-state index contributed by atoms with van der Waals surface area (Å²) in [7, 11) is 1.72. The number of para-hydroxylation sites is 1. The first-order valence-corrected chi connectivity index (χ1v) is 8.58. The standard InChI is InChI=1S/C20H22FN3O2/c1-14-10-15-6-3-4-9-18(15)24(14)20(26)13-23(2)12-19(25)22-17-8-5-7-16(21)11-17/h3-9,11,14H,10,12-13H2,1-2H3,(H,22,25)/t14-/m1/s1. The minimum Gasteiger partial charge on any atom is -0.325 e. The van der Waals surface area contributed by atoms with Gasteiger partial charge in [-0.3, -0.25) is 14.5 Å². The number of carbonyl (C=O) groups is 2. The van der Waals surface area contributed by atoms with Crippen LogP contribution >= 0.6 is 0 Å². The van der Waals surface area contributed by atoms with E-state index in [0.717, 1.165) is 12.1 Å². The zero-order valence-corrected chi connectivity index (χ0v) is 14.9. The van der Waals surface area contributed by atoms with E-state index in [1.165, 1.54) is 23.8 Å². The van der Waals surface area contributed by atoms with Crippen molar-refractivity contribution in [2.75, 3.05) is 30.4 Å². The van der Waals surface area contributed by atoms with E-state index in [1.54, 1.807) is 22.9 Å². The van der Waals surface area contributed by atoms with Crippen molar-refractivity contribution >= 4 is 23.2 Å². The third kappa shape index (κ3) is 4.08. The maximum Gasteiger partial charge on any atom is 0.241 e. The first kappa shape index (κ1) is 18.1. The van der Waals surface area contributed by atoms with E-state index in [2.05, 4.69) is 5.32 Å². The molecule has 1 N–H and O–H groups in total. The van der Waals surface area contributed by atoms with E-state index >= 15 is 0 Å². The number of anilines is 2. The summed E-state index contributed by atoms with van der Waals surface area (Å²) in [5.41, 5.74) is 2.51. The molecule has 0 aromatic heterocycles. The molecule has 1 heterocycles. The van der Waals surface area contributed by atoms with E-state index in [1.807, 2.05) is 31.2 Å². The summed E-state index contributed by atoms with van der Waals surface area (Å²) in [5, 5.41) is 2.64. The fourth-order valence-corrected chi connectivity index (χ4v) is 3.32. The molecule has 0 spiro atoms. The minimum atomic E-state index is -0.409. The lowest BCUT2D eigenvalue weighted by atomic mass is 10.1. The number of rotatable bonds is 5. The van der Waals surface area contributed by atoms with Crippen molar-refractivity contribution in [1.82, 2.24) is 4.90 Å². The Balaban J connectivity index is 1.57. The Bertz CT molecular complexity index is 824. The zero-order valence-electron chi connectivity index (χ0n) is 14.9. The fourth-order valence-electron chi connectivity index (χ4n) is 3.32. The lowest BCUT2D eigenvalue weighted by molar-refractivity contribution is -0.121. The average molecular weight is 355 g/mol. The fraction of sp³-hybridized carbons (Fsp3) is 0.300. The molecule has 26 heavy (non-hydrogen) atoms. The van der Waals surface area contributed by atoms with Crippen molar-refractivity contribution < 1.29 is 14.0 Å². The summed E-state index contributed by atoms with van der Waals surface area (Å²) in [5.74, 6) is -0.739. The molecule has 0 bridgehead atoms. The van der Waals surface area contributed by atoms with Gasteiger partial charge in [0.1, 0.15) is 5.82 Å². The van der Waals surface area contributed by atoms with Gasteiger partial charge in [0.2, 0.25) is 11.8 Å². The quantitative estimate of drug-likeness (QED) is 0.897. The Morgan fingerprint density at radius 1 is 1.19 bits per heavy atom. The third-order valence-electron chi connectivity index (χ3n) is 4.40. The molecule has 3 rings (SSSR count). The van der Waals surface area contributed by atoms with Gasteiger partial charge in [-0.05, 0) is 50.2 Å². The van der Waals surface area contributed by atoms with Gasteiger partial charge in [-0.1, -0.05) is 24.3 Å². The maximum atomic E-state index is 13.2. The van der Waals surface area contributed by atoms with Gasteiger partial charge >= 0.3 is 0 Å². The lowest BCUT2D eigenvalue weighted by Gasteiger charge is -2.25. The summed E-state index contributed by atoms with van der Waals surface area (Å²) in [4.78, 5) is 28.3. The number of carbonyl (C=O) groups excluding carboxylic acids is 2. The maximum absolute atomic E-state index is 13.2. The number of benzene rings is 2. The SMILES string of the molecule is C[C@@H]1Cc2ccccc2N1C(=O)CN(C)CC(=O)Nc1cccc(F)c1. The van der Waals surface area contributed by atoms with E-state index in [9.17, 15) is 14.0 Å². The molecule has 0 saturated carbocycles. The second kappa shape index (κ2) is 7.66. The van der Waals surface area contributed by atoms with Crippen LogP contribution in [0.4, 0.5) is 15.8 Å². The first-order valence-electron chi connectivity index (χ1n) is 8.58. The van der Waals surface area contributed by atoms with Gasteiger partial charge in [-0.15, -0.1) is 0 Å². The average Bonchev–Trinajstić information content (AvgIpc) is 2.90. The molecule has 136 valence electrons. The van der Waals surface area contributed by atoms with Gasteiger partial charge in [-0.25, -0.2) is 4.39 Å². The largest absolute Gasteiger partial charge is 0.325 e. The molecule has 0 radical (unpaired) electrons. The molecule has 0 unspecified atom stereocenters. The molecule has 1 aliphatic heterocycles. The first-order chi connectivity index (χ1) is 12.4. The van der Waals surface area contributed by atoms with Crippen LogP contribution in [0, 0.1) is 5.82 Å². The number of nitrogens with zero attached hydrogens (tertiary/aromatic N) is 2. The summed E-state index contributed by atoms with van der Waals surface area (Å²) in [6.45, 7) is 2.20. The molecule has 1 aliphatic rings. The number of hydrogen-bond donors (Lipinski definition) is 1. The molecule has 0 aliphatic carbocycles. The zero-order chi connectivity index (χ0) is 18.7. The van der Waals surface area contributed by atoms with Gasteiger partial charge in [0.05, 0.1) is 13.1 Å². The van der Waals surface area contributed by atoms with Crippen LogP contribution in [0.1, 0.15) is 12.5 Å². The van der Waals surface area contributed by atoms with Crippen molar-refractivity contribution in [2.24, 2.45) is 0 Å². The smallest absolute Gasteiger partial charge is 0.241 e. The van der Waals surface area contributed by atoms with Crippen molar-refractivity contribution in [3.05, 3.63) is 59.9 Å². The normalized spacial score (nSPS) is 15.8. The van der Waals surface area contributed by atoms with Crippen LogP contribution in [0.2, 0.25) is 0 Å². The van der Waals surface area contributed by atoms with Crippen LogP contribution in [0.5, 0.6) is 0 Å². The van der Waals surface area contributed by atoms with Crippen LogP contribution in [-0.4, -0.2) is 42.9 Å². The summed E-state index contributed by atoms with van der Waals surface area (Å²) in [6.07, 6.45) is 0.839. The predicted octanol–water partition coefficient (Wildman–Crippen LogP) is 2.67. The van der Waals surface area contributed by atoms with E-state index < -0.39 is 5.82 Å². The Kier molecular flexibility index (Phi) is 5.32. The Morgan fingerprint density at radius 3 is 2.73 bits per heavy atom. The van der Waals surface area contributed by atoms with Gasteiger partial charge in [-0.2, -0.15) is 0 Å². The minimum absolute atomic E-state index is 0.0384. The third-order valence-corrected chi connectivity index (χ3v) is 4.40. The lowest BCUT2D eigenvalue weighted by Crippen LogP contribution is -2.43. The molecule has 2 amide bonds. The Morgan fingerprint density at radius 2 is 1.96 bits per heavy atom. The second-order valence-corrected chi connectivity index (χ2v) is 6.68. The number of likely N-dealkylation sites (N-methyl/N-ethyl adjacent to an activating group) is 1. The van der Waals surface area contributed by atoms with E-state index in [-0.39, 0.29) is 30.9 Å². The summed E-state index contributed by atoms with van der Waals surface area (Å²) in [6, 6.07) is 13.7. The number of halogens is 1. The van der Waals surface area contributed by atoms with Crippen LogP contribution in [0.25, 0.3) is 0 Å². The molecular formula is C20H22FN3O2. The van der Waals surface area contributed by atoms with Crippen molar-refractivity contribution in [3.63, 3.8) is 0 Å². The monoisotopic (exact) mass is 355 g/mol. The number of amides is 2. The van der Waals surface area contributed by atoms with Gasteiger partial charge in [0.25, 0.3) is 0 Å². The number of fused-ring (bicyclic) bond motifs is 1. The molecule has 2 aromatic rings. The molecule has 6 heteroatoms.